The van der Waals surface area contributed by atoms with Crippen LogP contribution < -0.4 is 0 Å². The molecule has 0 saturated heterocycles. The molecule has 2 rings (SSSR count). The first-order valence-corrected chi connectivity index (χ1v) is 5.32. The van der Waals surface area contributed by atoms with Gasteiger partial charge in [0.15, 0.2) is 5.78 Å². The topological polar surface area (TPSA) is 34.9 Å². The lowest BCUT2D eigenvalue weighted by Gasteiger charge is -2.01. The van der Waals surface area contributed by atoms with Crippen molar-refractivity contribution in [2.75, 3.05) is 0 Å². The molecule has 0 bridgehead atoms. The van der Waals surface area contributed by atoms with Crippen LogP contribution in [0.5, 0.6) is 0 Å². The van der Waals surface area contributed by atoms with Crippen LogP contribution in [0.4, 0.5) is 0 Å². The number of ketones is 1. The molecule has 16 heavy (non-hydrogen) atoms. The molecule has 1 aromatic heterocycles. The van der Waals surface area contributed by atoms with Gasteiger partial charge >= 0.3 is 0 Å². The van der Waals surface area contributed by atoms with Gasteiger partial charge in [-0.2, -0.15) is 5.10 Å². The largest absolute Gasteiger partial charge is 0.294 e. The third-order valence-corrected chi connectivity index (χ3v) is 2.63. The maximum Gasteiger partial charge on any atom is 0.163 e. The van der Waals surface area contributed by atoms with Crippen molar-refractivity contribution in [2.45, 2.75) is 12.8 Å². The standard InChI is InChI=1S/C13H14N2O/c1-15-12(9-10-14-15)7-8-13(16)11-5-3-2-4-6-11/h2-6,9-10H,7-8H2,1H3. The molecule has 0 aliphatic heterocycles. The Bertz CT molecular complexity index is 474. The fraction of sp³-hybridized carbons (Fsp3) is 0.231. The Hall–Kier alpha value is -1.90. The molecule has 3 heteroatoms. The van der Waals surface area contributed by atoms with Crippen LogP contribution in [0, 0.1) is 0 Å². The Labute approximate surface area is 94.7 Å². The fourth-order valence-corrected chi connectivity index (χ4v) is 1.66. The van der Waals surface area contributed by atoms with E-state index in [1.165, 1.54) is 0 Å². The second kappa shape index (κ2) is 4.75. The van der Waals surface area contributed by atoms with Crippen molar-refractivity contribution in [1.29, 1.82) is 0 Å². The number of hydrogen-bond donors (Lipinski definition) is 0. The monoisotopic (exact) mass is 214 g/mol. The van der Waals surface area contributed by atoms with E-state index in [1.54, 1.807) is 10.9 Å². The average molecular weight is 214 g/mol. The predicted octanol–water partition coefficient (Wildman–Crippen LogP) is 2.24. The number of rotatable bonds is 4. The van der Waals surface area contributed by atoms with Crippen molar-refractivity contribution in [3.05, 3.63) is 53.9 Å². The molecule has 0 N–H and O–H groups in total. The number of carbonyl (C=O) groups excluding carboxylic acids is 1. The Morgan fingerprint density at radius 1 is 1.25 bits per heavy atom. The zero-order chi connectivity index (χ0) is 11.4. The third-order valence-electron chi connectivity index (χ3n) is 2.63. The van der Waals surface area contributed by atoms with Crippen molar-refractivity contribution < 1.29 is 4.79 Å². The molecule has 0 atom stereocenters. The lowest BCUT2D eigenvalue weighted by molar-refractivity contribution is 0.0982. The second-order valence-electron chi connectivity index (χ2n) is 3.74. The van der Waals surface area contributed by atoms with Gasteiger partial charge in [0.1, 0.15) is 0 Å². The zero-order valence-corrected chi connectivity index (χ0v) is 9.26. The second-order valence-corrected chi connectivity index (χ2v) is 3.74. The Balaban J connectivity index is 1.97. The summed E-state index contributed by atoms with van der Waals surface area (Å²) in [6, 6.07) is 11.3. The van der Waals surface area contributed by atoms with E-state index < -0.39 is 0 Å². The summed E-state index contributed by atoms with van der Waals surface area (Å²) in [5.41, 5.74) is 1.87. The zero-order valence-electron chi connectivity index (χ0n) is 9.26. The molecular formula is C13H14N2O. The highest BCUT2D eigenvalue weighted by atomic mass is 16.1. The van der Waals surface area contributed by atoms with Crippen LogP contribution in [0.25, 0.3) is 0 Å². The van der Waals surface area contributed by atoms with Crippen molar-refractivity contribution in [1.82, 2.24) is 9.78 Å². The van der Waals surface area contributed by atoms with Crippen molar-refractivity contribution in [2.24, 2.45) is 7.05 Å². The molecule has 1 aromatic carbocycles. The van der Waals surface area contributed by atoms with Gasteiger partial charge in [-0.05, 0) is 12.5 Å². The summed E-state index contributed by atoms with van der Waals surface area (Å²) in [6.45, 7) is 0. The molecule has 0 radical (unpaired) electrons. The number of Topliss-reactive ketones (excluding diaryl/α,β-unsaturated/α-hetero) is 1. The lowest BCUT2D eigenvalue weighted by Crippen LogP contribution is -2.04. The lowest BCUT2D eigenvalue weighted by atomic mass is 10.1. The van der Waals surface area contributed by atoms with E-state index in [-0.39, 0.29) is 5.78 Å². The summed E-state index contributed by atoms with van der Waals surface area (Å²) in [5.74, 6) is 0.182. The quantitative estimate of drug-likeness (QED) is 0.731. The van der Waals surface area contributed by atoms with Crippen LogP contribution in [0.2, 0.25) is 0 Å². The first kappa shape index (κ1) is 10.6. The summed E-state index contributed by atoms with van der Waals surface area (Å²) in [7, 11) is 1.89. The average Bonchev–Trinajstić information content (AvgIpc) is 2.73. The molecule has 0 unspecified atom stereocenters. The number of nitrogens with zero attached hydrogens (tertiary/aromatic N) is 2. The molecule has 82 valence electrons. The van der Waals surface area contributed by atoms with E-state index in [0.717, 1.165) is 17.7 Å². The highest BCUT2D eigenvalue weighted by molar-refractivity contribution is 5.96. The number of aryl methyl sites for hydroxylation is 2. The Morgan fingerprint density at radius 3 is 2.62 bits per heavy atom. The van der Waals surface area contributed by atoms with Gasteiger partial charge < -0.3 is 0 Å². The molecule has 3 nitrogen and oxygen atoms in total. The van der Waals surface area contributed by atoms with Gasteiger partial charge in [-0.15, -0.1) is 0 Å². The van der Waals surface area contributed by atoms with Gasteiger partial charge in [0, 0.05) is 30.9 Å². The molecule has 0 aliphatic carbocycles. The van der Waals surface area contributed by atoms with E-state index in [9.17, 15) is 4.79 Å². The summed E-state index contributed by atoms with van der Waals surface area (Å²) >= 11 is 0. The number of benzene rings is 1. The summed E-state index contributed by atoms with van der Waals surface area (Å²) in [5, 5.41) is 4.07. The summed E-state index contributed by atoms with van der Waals surface area (Å²) in [6.07, 6.45) is 3.02. The maximum atomic E-state index is 11.8. The molecule has 1 heterocycles. The van der Waals surface area contributed by atoms with Gasteiger partial charge in [0.2, 0.25) is 0 Å². The van der Waals surface area contributed by atoms with Gasteiger partial charge in [-0.25, -0.2) is 0 Å². The van der Waals surface area contributed by atoms with Crippen LogP contribution in [0.15, 0.2) is 42.6 Å². The van der Waals surface area contributed by atoms with Gasteiger partial charge in [-0.3, -0.25) is 9.48 Å². The van der Waals surface area contributed by atoms with Crippen LogP contribution in [-0.4, -0.2) is 15.6 Å². The highest BCUT2D eigenvalue weighted by Gasteiger charge is 2.06. The minimum atomic E-state index is 0.182. The van der Waals surface area contributed by atoms with Gasteiger partial charge in [0.05, 0.1) is 0 Å². The van der Waals surface area contributed by atoms with Crippen molar-refractivity contribution in [3.8, 4) is 0 Å². The maximum absolute atomic E-state index is 11.8. The minimum Gasteiger partial charge on any atom is -0.294 e. The molecule has 0 fully saturated rings. The number of carbonyl (C=O) groups is 1. The minimum absolute atomic E-state index is 0.182. The van der Waals surface area contributed by atoms with Crippen LogP contribution in [0.3, 0.4) is 0 Å². The van der Waals surface area contributed by atoms with Crippen molar-refractivity contribution in [3.63, 3.8) is 0 Å². The van der Waals surface area contributed by atoms with E-state index in [1.807, 2.05) is 43.4 Å². The molecule has 0 amide bonds. The Morgan fingerprint density at radius 2 is 2.00 bits per heavy atom. The highest BCUT2D eigenvalue weighted by Crippen LogP contribution is 2.07. The van der Waals surface area contributed by atoms with Crippen molar-refractivity contribution >= 4 is 5.78 Å². The van der Waals surface area contributed by atoms with E-state index >= 15 is 0 Å². The van der Waals surface area contributed by atoms with Gasteiger partial charge in [0.25, 0.3) is 0 Å². The van der Waals surface area contributed by atoms with E-state index in [2.05, 4.69) is 5.10 Å². The molecular weight excluding hydrogens is 200 g/mol. The van der Waals surface area contributed by atoms with Crippen LogP contribution >= 0.6 is 0 Å². The number of aromatic nitrogens is 2. The summed E-state index contributed by atoms with van der Waals surface area (Å²) in [4.78, 5) is 11.8. The molecule has 0 saturated carbocycles. The smallest absolute Gasteiger partial charge is 0.163 e. The van der Waals surface area contributed by atoms with Crippen LogP contribution in [0.1, 0.15) is 22.5 Å². The van der Waals surface area contributed by atoms with E-state index in [4.69, 9.17) is 0 Å². The molecule has 2 aromatic rings. The fourth-order valence-electron chi connectivity index (χ4n) is 1.66. The van der Waals surface area contributed by atoms with Gasteiger partial charge in [-0.1, -0.05) is 30.3 Å². The first-order chi connectivity index (χ1) is 7.77. The predicted molar refractivity (Wildman–Crippen MR) is 62.3 cm³/mol. The summed E-state index contributed by atoms with van der Waals surface area (Å²) < 4.78 is 1.80. The SMILES string of the molecule is Cn1nccc1CCC(=O)c1ccccc1. The molecule has 0 aliphatic rings. The third kappa shape index (κ3) is 2.37. The van der Waals surface area contributed by atoms with E-state index in [0.29, 0.717) is 6.42 Å². The normalized spacial score (nSPS) is 10.3. The number of hydrogen-bond acceptors (Lipinski definition) is 2. The first-order valence-electron chi connectivity index (χ1n) is 5.32. The van der Waals surface area contributed by atoms with Crippen LogP contribution in [-0.2, 0) is 13.5 Å². The molecule has 0 spiro atoms. The Kier molecular flexibility index (Phi) is 3.15.